The number of nitrogens with one attached hydrogen (secondary N) is 1. The van der Waals surface area contributed by atoms with Crippen molar-refractivity contribution in [3.63, 3.8) is 0 Å². The number of amides is 3. The van der Waals surface area contributed by atoms with Crippen LogP contribution in [0.25, 0.3) is 0 Å². The van der Waals surface area contributed by atoms with Crippen molar-refractivity contribution < 1.29 is 27.2 Å². The van der Waals surface area contributed by atoms with E-state index in [9.17, 15) is 22.8 Å². The Morgan fingerprint density at radius 2 is 1.45 bits per heavy atom. The van der Waals surface area contributed by atoms with Crippen LogP contribution in [0.2, 0.25) is 18.1 Å². The third-order valence-electron chi connectivity index (χ3n) is 7.96. The minimum atomic E-state index is -5.02. The Balaban J connectivity index is 2.01. The van der Waals surface area contributed by atoms with Crippen LogP contribution >= 0.6 is 0 Å². The molecule has 3 rings (SSSR count). The molecular formula is C31H43F3N4O3Si. The van der Waals surface area contributed by atoms with Gasteiger partial charge in [0, 0.05) is 19.6 Å². The zero-order valence-corrected chi connectivity index (χ0v) is 26.2. The fourth-order valence-electron chi connectivity index (χ4n) is 4.65. The van der Waals surface area contributed by atoms with Crippen LogP contribution in [0.3, 0.4) is 0 Å². The maximum Gasteiger partial charge on any atom is 0.471 e. The summed E-state index contributed by atoms with van der Waals surface area (Å²) in [7, 11) is -2.40. The first-order chi connectivity index (χ1) is 19.6. The van der Waals surface area contributed by atoms with Gasteiger partial charge in [-0.1, -0.05) is 87.5 Å². The third-order valence-corrected chi connectivity index (χ3v) is 12.5. The van der Waals surface area contributed by atoms with E-state index in [0.717, 1.165) is 11.1 Å². The molecule has 1 heterocycles. The van der Waals surface area contributed by atoms with E-state index in [2.05, 4.69) is 45.8 Å². The molecule has 0 aromatic heterocycles. The van der Waals surface area contributed by atoms with E-state index in [1.165, 1.54) is 0 Å². The number of rotatable bonds is 12. The van der Waals surface area contributed by atoms with Crippen LogP contribution < -0.4 is 5.32 Å². The summed E-state index contributed by atoms with van der Waals surface area (Å²) in [5.74, 6) is -2.01. The molecule has 1 N–H and O–H groups in total. The van der Waals surface area contributed by atoms with Crippen molar-refractivity contribution in [1.29, 1.82) is 0 Å². The number of carbonyl (C=O) groups is 2. The molecule has 1 fully saturated rings. The summed E-state index contributed by atoms with van der Waals surface area (Å²) in [4.78, 5) is 31.0. The second kappa shape index (κ2) is 13.9. The predicted octanol–water partition coefficient (Wildman–Crippen LogP) is 6.36. The average Bonchev–Trinajstić information content (AvgIpc) is 2.91. The zero-order valence-electron chi connectivity index (χ0n) is 25.2. The Morgan fingerprint density at radius 1 is 0.976 bits per heavy atom. The molecule has 0 bridgehead atoms. The van der Waals surface area contributed by atoms with Crippen LogP contribution in [-0.4, -0.2) is 73.2 Å². The maximum atomic E-state index is 13.7. The summed E-state index contributed by atoms with van der Waals surface area (Å²) < 4.78 is 46.5. The molecule has 2 aromatic carbocycles. The Labute approximate surface area is 248 Å². The molecule has 2 aromatic rings. The molecule has 1 aliphatic rings. The Morgan fingerprint density at radius 3 is 1.86 bits per heavy atom. The Hall–Kier alpha value is -3.15. The van der Waals surface area contributed by atoms with Crippen molar-refractivity contribution in [3.8, 4) is 0 Å². The monoisotopic (exact) mass is 604 g/mol. The molecule has 1 saturated heterocycles. The van der Waals surface area contributed by atoms with Crippen LogP contribution in [0.1, 0.15) is 38.3 Å². The van der Waals surface area contributed by atoms with E-state index < -0.39 is 32.5 Å². The molecule has 0 unspecified atom stereocenters. The van der Waals surface area contributed by atoms with Gasteiger partial charge in [-0.2, -0.15) is 13.2 Å². The van der Waals surface area contributed by atoms with Gasteiger partial charge in [0.05, 0.1) is 25.5 Å². The summed E-state index contributed by atoms with van der Waals surface area (Å²) in [6.45, 7) is 15.0. The average molecular weight is 605 g/mol. The molecule has 0 spiro atoms. The Bertz CT molecular complexity index is 1140. The molecule has 1 aliphatic heterocycles. The third kappa shape index (κ3) is 8.92. The lowest BCUT2D eigenvalue weighted by Gasteiger charge is -2.49. The first kappa shape index (κ1) is 33.4. The normalized spacial score (nSPS) is 16.7. The van der Waals surface area contributed by atoms with Crippen LogP contribution in [0, 0.1) is 0 Å². The minimum absolute atomic E-state index is 0.153. The highest BCUT2D eigenvalue weighted by Crippen LogP contribution is 2.38. The highest BCUT2D eigenvalue weighted by Gasteiger charge is 2.45. The van der Waals surface area contributed by atoms with E-state index in [0.29, 0.717) is 19.5 Å². The van der Waals surface area contributed by atoms with E-state index in [1.807, 2.05) is 65.6 Å². The topological polar surface area (TPSA) is 65.1 Å². The fraction of sp³-hybridized carbons (Fsp3) is 0.484. The van der Waals surface area contributed by atoms with Gasteiger partial charge < -0.3 is 19.5 Å². The van der Waals surface area contributed by atoms with Crippen LogP contribution in [0.15, 0.2) is 73.3 Å². The van der Waals surface area contributed by atoms with Crippen molar-refractivity contribution >= 4 is 20.3 Å². The summed E-state index contributed by atoms with van der Waals surface area (Å²) in [6, 6.07) is 18.2. The number of hydrogen-bond donors (Lipinski definition) is 1. The number of benzene rings is 2. The van der Waals surface area contributed by atoms with Gasteiger partial charge in [-0.05, 0) is 35.7 Å². The SMILES string of the molecule is C=CC[C@@H](O[Si](C)(C)C(C)(C)C)[C@H](CNC(=O)C(F)(F)F)N1CN(Cc2ccccc2)C(=O)N(Cc2ccccc2)C1. The largest absolute Gasteiger partial charge is 0.471 e. The van der Waals surface area contributed by atoms with Crippen LogP contribution in [-0.2, 0) is 22.3 Å². The number of carbonyl (C=O) groups excluding carboxylic acids is 2. The summed E-state index contributed by atoms with van der Waals surface area (Å²) >= 11 is 0. The maximum absolute atomic E-state index is 13.7. The zero-order chi connectivity index (χ0) is 31.1. The predicted molar refractivity (Wildman–Crippen MR) is 161 cm³/mol. The number of hydrogen-bond acceptors (Lipinski definition) is 4. The molecule has 0 aliphatic carbocycles. The Kier molecular flexibility index (Phi) is 11.0. The lowest BCUT2D eigenvalue weighted by molar-refractivity contribution is -0.174. The molecule has 0 saturated carbocycles. The number of urea groups is 1. The molecule has 230 valence electrons. The lowest BCUT2D eigenvalue weighted by atomic mass is 10.1. The van der Waals surface area contributed by atoms with Crippen LogP contribution in [0.4, 0.5) is 18.0 Å². The van der Waals surface area contributed by atoms with E-state index in [4.69, 9.17) is 4.43 Å². The van der Waals surface area contributed by atoms with Gasteiger partial charge in [0.2, 0.25) is 0 Å². The smallest absolute Gasteiger partial charge is 0.412 e. The molecule has 11 heteroatoms. The summed E-state index contributed by atoms with van der Waals surface area (Å²) in [5, 5.41) is 1.93. The van der Waals surface area contributed by atoms with Gasteiger partial charge in [-0.3, -0.25) is 9.69 Å². The van der Waals surface area contributed by atoms with E-state index in [-0.39, 0.29) is 31.0 Å². The second-order valence-electron chi connectivity index (χ2n) is 12.2. The van der Waals surface area contributed by atoms with Gasteiger partial charge in [0.15, 0.2) is 8.32 Å². The van der Waals surface area contributed by atoms with Crippen molar-refractivity contribution in [3.05, 3.63) is 84.4 Å². The van der Waals surface area contributed by atoms with Gasteiger partial charge >= 0.3 is 18.1 Å². The van der Waals surface area contributed by atoms with Crippen molar-refractivity contribution in [2.45, 2.75) is 76.7 Å². The van der Waals surface area contributed by atoms with E-state index in [1.54, 1.807) is 15.9 Å². The minimum Gasteiger partial charge on any atom is -0.412 e. The number of halogens is 3. The quantitative estimate of drug-likeness (QED) is 0.226. The van der Waals surface area contributed by atoms with Gasteiger partial charge in [0.1, 0.15) is 0 Å². The standard InChI is InChI=1S/C31H43F3N4O3Si/c1-7-14-27(41-42(5,6)30(2,3)4)26(19-35-28(39)31(32,33)34)38-22-36(20-24-15-10-8-11-16-24)29(40)37(23-38)21-25-17-12-9-13-18-25/h7-13,15-18,26-27H,1,14,19-23H2,2-6H3,(H,35,39)/t26-,27+/m0/s1. The first-order valence-corrected chi connectivity index (χ1v) is 17.0. The number of nitrogens with zero attached hydrogens (tertiary/aromatic N) is 3. The fourth-order valence-corrected chi connectivity index (χ4v) is 6.02. The molecule has 2 atom stereocenters. The van der Waals surface area contributed by atoms with Crippen molar-refractivity contribution in [2.24, 2.45) is 0 Å². The molecule has 3 amide bonds. The molecule has 0 radical (unpaired) electrons. The summed E-state index contributed by atoms with van der Waals surface area (Å²) in [6.07, 6.45) is -3.53. The number of alkyl halides is 3. The highest BCUT2D eigenvalue weighted by atomic mass is 28.4. The van der Waals surface area contributed by atoms with Crippen molar-refractivity contribution in [2.75, 3.05) is 19.9 Å². The van der Waals surface area contributed by atoms with E-state index >= 15 is 0 Å². The highest BCUT2D eigenvalue weighted by molar-refractivity contribution is 6.74. The lowest BCUT2D eigenvalue weighted by Crippen LogP contribution is -2.64. The van der Waals surface area contributed by atoms with Gasteiger partial charge in [-0.15, -0.1) is 6.58 Å². The molecule has 7 nitrogen and oxygen atoms in total. The van der Waals surface area contributed by atoms with Gasteiger partial charge in [-0.25, -0.2) is 4.79 Å². The van der Waals surface area contributed by atoms with Crippen LogP contribution in [0.5, 0.6) is 0 Å². The summed E-state index contributed by atoms with van der Waals surface area (Å²) in [5.41, 5.74) is 1.85. The molecule has 42 heavy (non-hydrogen) atoms. The second-order valence-corrected chi connectivity index (χ2v) is 17.0. The first-order valence-electron chi connectivity index (χ1n) is 14.1. The molecular weight excluding hydrogens is 561 g/mol. The van der Waals surface area contributed by atoms with Crippen molar-refractivity contribution in [1.82, 2.24) is 20.0 Å². The van der Waals surface area contributed by atoms with Gasteiger partial charge in [0.25, 0.3) is 0 Å².